The van der Waals surface area contributed by atoms with Crippen molar-refractivity contribution in [3.63, 3.8) is 0 Å². The van der Waals surface area contributed by atoms with E-state index in [1.165, 1.54) is 31.3 Å². The number of amides is 1. The number of rotatable bonds is 6. The van der Waals surface area contributed by atoms with Gasteiger partial charge in [-0.05, 0) is 50.3 Å². The summed E-state index contributed by atoms with van der Waals surface area (Å²) in [4.78, 5) is 11.8. The first-order valence-corrected chi connectivity index (χ1v) is 8.04. The van der Waals surface area contributed by atoms with E-state index in [1.54, 1.807) is 18.2 Å². The van der Waals surface area contributed by atoms with Crippen LogP contribution >= 0.6 is 23.2 Å². The molecule has 0 radical (unpaired) electrons. The second kappa shape index (κ2) is 8.30. The fourth-order valence-corrected chi connectivity index (χ4v) is 2.84. The number of allylic oxidation sites excluding steroid dienone is 1. The zero-order valence-electron chi connectivity index (χ0n) is 11.9. The molecule has 2 N–H and O–H groups in total. The molecule has 0 fully saturated rings. The van der Waals surface area contributed by atoms with E-state index in [0.717, 1.165) is 6.42 Å². The average molecular weight is 327 g/mol. The molecule has 3 nitrogen and oxygen atoms in total. The van der Waals surface area contributed by atoms with Crippen molar-refractivity contribution in [1.29, 1.82) is 0 Å². The topological polar surface area (TPSA) is 41.1 Å². The Bertz CT molecular complexity index is 529. The van der Waals surface area contributed by atoms with Gasteiger partial charge in [-0.2, -0.15) is 0 Å². The molecule has 0 saturated carbocycles. The Labute approximate surface area is 135 Å². The monoisotopic (exact) mass is 326 g/mol. The fourth-order valence-electron chi connectivity index (χ4n) is 2.37. The molecule has 21 heavy (non-hydrogen) atoms. The van der Waals surface area contributed by atoms with Crippen LogP contribution in [-0.2, 0) is 4.79 Å². The Morgan fingerprint density at radius 1 is 1.24 bits per heavy atom. The van der Waals surface area contributed by atoms with Crippen molar-refractivity contribution in [3.8, 4) is 0 Å². The van der Waals surface area contributed by atoms with Gasteiger partial charge in [0.05, 0.1) is 17.3 Å². The van der Waals surface area contributed by atoms with Gasteiger partial charge in [-0.25, -0.2) is 0 Å². The van der Waals surface area contributed by atoms with Crippen molar-refractivity contribution in [2.75, 3.05) is 18.4 Å². The number of benzene rings is 1. The van der Waals surface area contributed by atoms with Crippen LogP contribution < -0.4 is 10.6 Å². The van der Waals surface area contributed by atoms with Crippen molar-refractivity contribution in [3.05, 3.63) is 39.9 Å². The predicted molar refractivity (Wildman–Crippen MR) is 89.1 cm³/mol. The SMILES string of the molecule is O=C(CNc1ccc(Cl)cc1Cl)NCCC1=CCCCC1. The molecule has 0 saturated heterocycles. The number of halogens is 2. The van der Waals surface area contributed by atoms with Gasteiger partial charge in [-0.1, -0.05) is 34.9 Å². The highest BCUT2D eigenvalue weighted by atomic mass is 35.5. The summed E-state index contributed by atoms with van der Waals surface area (Å²) in [5.74, 6) is -0.0302. The molecule has 1 aromatic carbocycles. The quantitative estimate of drug-likeness (QED) is 0.760. The highest BCUT2D eigenvalue weighted by Crippen LogP contribution is 2.25. The number of anilines is 1. The highest BCUT2D eigenvalue weighted by molar-refractivity contribution is 6.36. The summed E-state index contributed by atoms with van der Waals surface area (Å²) in [5, 5.41) is 7.03. The second-order valence-electron chi connectivity index (χ2n) is 5.19. The first kappa shape index (κ1) is 16.2. The third kappa shape index (κ3) is 5.60. The van der Waals surface area contributed by atoms with E-state index >= 15 is 0 Å². The minimum atomic E-state index is -0.0302. The predicted octanol–water partition coefficient (Wildman–Crippen LogP) is 4.41. The van der Waals surface area contributed by atoms with E-state index in [4.69, 9.17) is 23.2 Å². The minimum absolute atomic E-state index is 0.0302. The van der Waals surface area contributed by atoms with Crippen molar-refractivity contribution in [1.82, 2.24) is 5.32 Å². The molecular weight excluding hydrogens is 307 g/mol. The van der Waals surface area contributed by atoms with Crippen LogP contribution in [0.4, 0.5) is 5.69 Å². The van der Waals surface area contributed by atoms with Crippen molar-refractivity contribution in [2.24, 2.45) is 0 Å². The van der Waals surface area contributed by atoms with Crippen LogP contribution in [0.2, 0.25) is 10.0 Å². The van der Waals surface area contributed by atoms with Gasteiger partial charge in [-0.3, -0.25) is 4.79 Å². The first-order valence-electron chi connectivity index (χ1n) is 7.28. The van der Waals surface area contributed by atoms with Gasteiger partial charge in [0.1, 0.15) is 0 Å². The Morgan fingerprint density at radius 3 is 2.81 bits per heavy atom. The number of nitrogens with one attached hydrogen (secondary N) is 2. The Kier molecular flexibility index (Phi) is 6.40. The van der Waals surface area contributed by atoms with E-state index in [0.29, 0.717) is 22.3 Å². The Balaban J connectivity index is 1.68. The molecule has 0 atom stereocenters. The maximum absolute atomic E-state index is 11.8. The molecule has 1 aromatic rings. The number of hydrogen-bond acceptors (Lipinski definition) is 2. The van der Waals surface area contributed by atoms with Crippen molar-refractivity contribution in [2.45, 2.75) is 32.1 Å². The smallest absolute Gasteiger partial charge is 0.239 e. The minimum Gasteiger partial charge on any atom is -0.375 e. The lowest BCUT2D eigenvalue weighted by molar-refractivity contribution is -0.119. The largest absolute Gasteiger partial charge is 0.375 e. The summed E-state index contributed by atoms with van der Waals surface area (Å²) >= 11 is 11.9. The molecule has 0 aromatic heterocycles. The fraction of sp³-hybridized carbons (Fsp3) is 0.438. The first-order chi connectivity index (χ1) is 10.1. The molecule has 0 unspecified atom stereocenters. The van der Waals surface area contributed by atoms with E-state index in [9.17, 15) is 4.79 Å². The zero-order valence-corrected chi connectivity index (χ0v) is 13.4. The second-order valence-corrected chi connectivity index (χ2v) is 6.03. The van der Waals surface area contributed by atoms with Gasteiger partial charge in [-0.15, -0.1) is 0 Å². The van der Waals surface area contributed by atoms with Crippen LogP contribution in [0.1, 0.15) is 32.1 Å². The number of hydrogen-bond donors (Lipinski definition) is 2. The number of carbonyl (C=O) groups is 1. The van der Waals surface area contributed by atoms with Crippen molar-refractivity contribution >= 4 is 34.8 Å². The lowest BCUT2D eigenvalue weighted by Gasteiger charge is -2.13. The summed E-state index contributed by atoms with van der Waals surface area (Å²) in [5.41, 5.74) is 2.18. The summed E-state index contributed by atoms with van der Waals surface area (Å²) in [6, 6.07) is 5.16. The van der Waals surface area contributed by atoms with Crippen LogP contribution in [0.5, 0.6) is 0 Å². The van der Waals surface area contributed by atoms with E-state index in [-0.39, 0.29) is 12.5 Å². The van der Waals surface area contributed by atoms with Crippen LogP contribution in [0, 0.1) is 0 Å². The summed E-state index contributed by atoms with van der Waals surface area (Å²) in [6.45, 7) is 0.904. The zero-order chi connectivity index (χ0) is 15.1. The van der Waals surface area contributed by atoms with E-state index < -0.39 is 0 Å². The van der Waals surface area contributed by atoms with Crippen LogP contribution in [0.25, 0.3) is 0 Å². The lowest BCUT2D eigenvalue weighted by Crippen LogP contribution is -2.30. The maximum atomic E-state index is 11.8. The third-order valence-electron chi connectivity index (χ3n) is 3.52. The van der Waals surface area contributed by atoms with Gasteiger partial charge >= 0.3 is 0 Å². The molecule has 1 aliphatic rings. The van der Waals surface area contributed by atoms with Gasteiger partial charge in [0.15, 0.2) is 0 Å². The summed E-state index contributed by atoms with van der Waals surface area (Å²) < 4.78 is 0. The van der Waals surface area contributed by atoms with E-state index in [2.05, 4.69) is 16.7 Å². The van der Waals surface area contributed by atoms with Crippen LogP contribution in [-0.4, -0.2) is 19.0 Å². The average Bonchev–Trinajstić information content (AvgIpc) is 2.47. The summed E-state index contributed by atoms with van der Waals surface area (Å²) in [7, 11) is 0. The van der Waals surface area contributed by atoms with Gasteiger partial charge < -0.3 is 10.6 Å². The Morgan fingerprint density at radius 2 is 2.10 bits per heavy atom. The van der Waals surface area contributed by atoms with Crippen molar-refractivity contribution < 1.29 is 4.79 Å². The highest BCUT2D eigenvalue weighted by Gasteiger charge is 2.06. The molecule has 1 aliphatic carbocycles. The number of carbonyl (C=O) groups excluding carboxylic acids is 1. The summed E-state index contributed by atoms with van der Waals surface area (Å²) in [6.07, 6.45) is 8.18. The maximum Gasteiger partial charge on any atom is 0.239 e. The molecule has 0 aliphatic heterocycles. The molecule has 1 amide bonds. The Hall–Kier alpha value is -1.19. The van der Waals surface area contributed by atoms with Crippen LogP contribution in [0.15, 0.2) is 29.8 Å². The van der Waals surface area contributed by atoms with Crippen LogP contribution in [0.3, 0.4) is 0 Å². The standard InChI is InChI=1S/C16H20Cl2N2O/c17-13-6-7-15(14(18)10-13)20-11-16(21)19-9-8-12-4-2-1-3-5-12/h4,6-7,10,20H,1-3,5,8-9,11H2,(H,19,21). The van der Waals surface area contributed by atoms with Gasteiger partial charge in [0, 0.05) is 11.6 Å². The van der Waals surface area contributed by atoms with E-state index in [1.807, 2.05) is 0 Å². The van der Waals surface area contributed by atoms with Gasteiger partial charge in [0.2, 0.25) is 5.91 Å². The molecule has 114 valence electrons. The normalized spacial score (nSPS) is 14.5. The molecular formula is C16H20Cl2N2O. The molecule has 0 heterocycles. The molecule has 2 rings (SSSR count). The molecule has 5 heteroatoms. The molecule has 0 bridgehead atoms. The third-order valence-corrected chi connectivity index (χ3v) is 4.07. The molecule has 0 spiro atoms. The lowest BCUT2D eigenvalue weighted by atomic mass is 9.97. The van der Waals surface area contributed by atoms with Gasteiger partial charge in [0.25, 0.3) is 0 Å².